The molecule has 0 saturated carbocycles. The molecule has 1 heterocycles. The van der Waals surface area contributed by atoms with Crippen molar-refractivity contribution in [2.45, 2.75) is 32.6 Å². The first-order valence-corrected chi connectivity index (χ1v) is 9.12. The summed E-state index contributed by atoms with van der Waals surface area (Å²) in [7, 11) is 0. The number of hydrogen-bond donors (Lipinski definition) is 3. The maximum atomic E-state index is 12.2. The standard InChI is InChI=1S/C21H25N3O4/c1-21(2,3)14-6-4-13(5-7-14)20(26)23-9-8-19(25)24-16-11-18-17(10-15(16)22)27-12-28-18/h4-7,10-11H,8-9,12,22H2,1-3H3,(H,23,26)(H,24,25). The molecule has 0 saturated heterocycles. The summed E-state index contributed by atoms with van der Waals surface area (Å²) < 4.78 is 10.5. The van der Waals surface area contributed by atoms with Crippen LogP contribution in [-0.4, -0.2) is 25.2 Å². The lowest BCUT2D eigenvalue weighted by atomic mass is 9.87. The number of ether oxygens (including phenoxy) is 2. The van der Waals surface area contributed by atoms with Gasteiger partial charge in [0, 0.05) is 30.7 Å². The van der Waals surface area contributed by atoms with Crippen LogP contribution in [0.4, 0.5) is 11.4 Å². The predicted molar refractivity (Wildman–Crippen MR) is 108 cm³/mol. The van der Waals surface area contributed by atoms with Crippen molar-refractivity contribution < 1.29 is 19.1 Å². The van der Waals surface area contributed by atoms with Crippen molar-refractivity contribution in [2.75, 3.05) is 24.4 Å². The molecular formula is C21H25N3O4. The smallest absolute Gasteiger partial charge is 0.251 e. The molecule has 28 heavy (non-hydrogen) atoms. The largest absolute Gasteiger partial charge is 0.454 e. The van der Waals surface area contributed by atoms with Gasteiger partial charge in [-0.1, -0.05) is 32.9 Å². The van der Waals surface area contributed by atoms with E-state index in [1.54, 1.807) is 24.3 Å². The third-order valence-corrected chi connectivity index (χ3v) is 4.47. The van der Waals surface area contributed by atoms with Crippen LogP contribution in [0.2, 0.25) is 0 Å². The Morgan fingerprint density at radius 2 is 1.71 bits per heavy atom. The molecule has 4 N–H and O–H groups in total. The van der Waals surface area contributed by atoms with Crippen LogP contribution in [0.5, 0.6) is 11.5 Å². The average Bonchev–Trinajstić information content (AvgIpc) is 3.08. The van der Waals surface area contributed by atoms with Gasteiger partial charge in [0.05, 0.1) is 11.4 Å². The van der Waals surface area contributed by atoms with Crippen molar-refractivity contribution in [3.8, 4) is 11.5 Å². The quantitative estimate of drug-likeness (QED) is 0.689. The van der Waals surface area contributed by atoms with Gasteiger partial charge in [-0.3, -0.25) is 9.59 Å². The van der Waals surface area contributed by atoms with E-state index in [-0.39, 0.29) is 37.0 Å². The van der Waals surface area contributed by atoms with Gasteiger partial charge < -0.3 is 25.8 Å². The first-order valence-electron chi connectivity index (χ1n) is 9.12. The van der Waals surface area contributed by atoms with Crippen LogP contribution in [-0.2, 0) is 10.2 Å². The Hall–Kier alpha value is -3.22. The van der Waals surface area contributed by atoms with Gasteiger partial charge in [-0.2, -0.15) is 0 Å². The van der Waals surface area contributed by atoms with Crippen LogP contribution in [0, 0.1) is 0 Å². The summed E-state index contributed by atoms with van der Waals surface area (Å²) in [5, 5.41) is 5.48. The number of hydrogen-bond acceptors (Lipinski definition) is 5. The minimum atomic E-state index is -0.256. The minimum absolute atomic E-state index is 0.0314. The number of nitrogen functional groups attached to an aromatic ring is 1. The fraction of sp³-hybridized carbons (Fsp3) is 0.333. The Labute approximate surface area is 164 Å². The zero-order valence-corrected chi connectivity index (χ0v) is 16.3. The maximum Gasteiger partial charge on any atom is 0.251 e. The fourth-order valence-corrected chi connectivity index (χ4v) is 2.79. The lowest BCUT2D eigenvalue weighted by Gasteiger charge is -2.19. The van der Waals surface area contributed by atoms with Gasteiger partial charge in [-0.25, -0.2) is 0 Å². The molecule has 0 atom stereocenters. The molecule has 0 spiro atoms. The molecule has 0 radical (unpaired) electrons. The highest BCUT2D eigenvalue weighted by Crippen LogP contribution is 2.38. The highest BCUT2D eigenvalue weighted by Gasteiger charge is 2.17. The summed E-state index contributed by atoms with van der Waals surface area (Å²) in [6.07, 6.45) is 0.125. The Bertz CT molecular complexity index is 886. The van der Waals surface area contributed by atoms with Crippen LogP contribution in [0.15, 0.2) is 36.4 Å². The van der Waals surface area contributed by atoms with Gasteiger partial charge in [0.2, 0.25) is 12.7 Å². The summed E-state index contributed by atoms with van der Waals surface area (Å²) in [5.41, 5.74) is 8.52. The van der Waals surface area contributed by atoms with E-state index in [4.69, 9.17) is 15.2 Å². The first kappa shape index (κ1) is 19.5. The summed E-state index contributed by atoms with van der Waals surface area (Å²) in [6, 6.07) is 10.7. The Balaban J connectivity index is 1.49. The van der Waals surface area contributed by atoms with E-state index in [0.717, 1.165) is 5.56 Å². The molecule has 0 bridgehead atoms. The second-order valence-corrected chi connectivity index (χ2v) is 7.67. The number of fused-ring (bicyclic) bond motifs is 1. The first-order chi connectivity index (χ1) is 13.2. The molecule has 7 heteroatoms. The fourth-order valence-electron chi connectivity index (χ4n) is 2.79. The number of carbonyl (C=O) groups excluding carboxylic acids is 2. The number of nitrogens with one attached hydrogen (secondary N) is 2. The summed E-state index contributed by atoms with van der Waals surface area (Å²) >= 11 is 0. The van der Waals surface area contributed by atoms with Gasteiger partial charge >= 0.3 is 0 Å². The lowest BCUT2D eigenvalue weighted by molar-refractivity contribution is -0.116. The van der Waals surface area contributed by atoms with E-state index >= 15 is 0 Å². The molecule has 0 aromatic heterocycles. The SMILES string of the molecule is CC(C)(C)c1ccc(C(=O)NCCC(=O)Nc2cc3c(cc2N)OCO3)cc1. The highest BCUT2D eigenvalue weighted by atomic mass is 16.7. The van der Waals surface area contributed by atoms with Crippen molar-refractivity contribution in [3.63, 3.8) is 0 Å². The van der Waals surface area contributed by atoms with Crippen LogP contribution in [0.3, 0.4) is 0 Å². The molecular weight excluding hydrogens is 358 g/mol. The summed E-state index contributed by atoms with van der Waals surface area (Å²) in [6.45, 7) is 6.71. The number of carbonyl (C=O) groups is 2. The van der Waals surface area contributed by atoms with E-state index in [1.807, 2.05) is 12.1 Å². The monoisotopic (exact) mass is 383 g/mol. The molecule has 2 aromatic carbocycles. The van der Waals surface area contributed by atoms with Crippen molar-refractivity contribution >= 4 is 23.2 Å². The third kappa shape index (κ3) is 4.54. The van der Waals surface area contributed by atoms with E-state index in [9.17, 15) is 9.59 Å². The number of nitrogens with two attached hydrogens (primary N) is 1. The molecule has 2 amide bonds. The summed E-state index contributed by atoms with van der Waals surface area (Å²) in [4.78, 5) is 24.4. The van der Waals surface area contributed by atoms with Gasteiger partial charge in [0.1, 0.15) is 0 Å². The molecule has 1 aliphatic rings. The molecule has 1 aliphatic heterocycles. The zero-order chi connectivity index (χ0) is 20.3. The van der Waals surface area contributed by atoms with Crippen molar-refractivity contribution in [1.29, 1.82) is 0 Å². The van der Waals surface area contributed by atoms with Crippen molar-refractivity contribution in [3.05, 3.63) is 47.5 Å². The van der Waals surface area contributed by atoms with E-state index in [0.29, 0.717) is 28.4 Å². The molecule has 2 aromatic rings. The van der Waals surface area contributed by atoms with Crippen LogP contribution < -0.4 is 25.8 Å². The molecule has 0 unspecified atom stereocenters. The number of rotatable bonds is 5. The molecule has 7 nitrogen and oxygen atoms in total. The van der Waals surface area contributed by atoms with Gasteiger partial charge in [0.25, 0.3) is 5.91 Å². The number of benzene rings is 2. The van der Waals surface area contributed by atoms with Gasteiger partial charge in [-0.15, -0.1) is 0 Å². The molecule has 3 rings (SSSR count). The number of amides is 2. The lowest BCUT2D eigenvalue weighted by Crippen LogP contribution is -2.27. The summed E-state index contributed by atoms with van der Waals surface area (Å²) in [5.74, 6) is 0.626. The second kappa shape index (κ2) is 7.80. The molecule has 148 valence electrons. The average molecular weight is 383 g/mol. The Morgan fingerprint density at radius 1 is 1.07 bits per heavy atom. The van der Waals surface area contributed by atoms with Crippen LogP contribution >= 0.6 is 0 Å². The van der Waals surface area contributed by atoms with Crippen LogP contribution in [0.25, 0.3) is 0 Å². The third-order valence-electron chi connectivity index (χ3n) is 4.47. The minimum Gasteiger partial charge on any atom is -0.454 e. The Kier molecular flexibility index (Phi) is 5.44. The topological polar surface area (TPSA) is 103 Å². The zero-order valence-electron chi connectivity index (χ0n) is 16.3. The predicted octanol–water partition coefficient (Wildman–Crippen LogP) is 3.05. The molecule has 0 fully saturated rings. The molecule has 0 aliphatic carbocycles. The van der Waals surface area contributed by atoms with E-state index in [1.165, 1.54) is 0 Å². The van der Waals surface area contributed by atoms with E-state index in [2.05, 4.69) is 31.4 Å². The van der Waals surface area contributed by atoms with E-state index < -0.39 is 0 Å². The van der Waals surface area contributed by atoms with Crippen molar-refractivity contribution in [2.24, 2.45) is 0 Å². The van der Waals surface area contributed by atoms with Crippen molar-refractivity contribution in [1.82, 2.24) is 5.32 Å². The number of anilines is 2. The van der Waals surface area contributed by atoms with Gasteiger partial charge in [0.15, 0.2) is 11.5 Å². The maximum absolute atomic E-state index is 12.2. The highest BCUT2D eigenvalue weighted by molar-refractivity contribution is 5.96. The second-order valence-electron chi connectivity index (χ2n) is 7.67. The normalized spacial score (nSPS) is 12.5. The van der Waals surface area contributed by atoms with Gasteiger partial charge in [-0.05, 0) is 23.1 Å². The Morgan fingerprint density at radius 3 is 2.36 bits per heavy atom. The van der Waals surface area contributed by atoms with Crippen LogP contribution in [0.1, 0.15) is 43.1 Å².